The Balaban J connectivity index is 1.64. The van der Waals surface area contributed by atoms with Crippen molar-refractivity contribution >= 4 is 40.8 Å². The number of carbonyl (C=O) groups is 3. The number of urea groups is 1. The van der Waals surface area contributed by atoms with E-state index in [1.54, 1.807) is 6.07 Å². The van der Waals surface area contributed by atoms with E-state index < -0.39 is 29.3 Å². The van der Waals surface area contributed by atoms with Gasteiger partial charge in [-0.15, -0.1) is 0 Å². The van der Waals surface area contributed by atoms with Gasteiger partial charge in [0.05, 0.1) is 6.04 Å². The van der Waals surface area contributed by atoms with Crippen LogP contribution in [0.15, 0.2) is 48.5 Å². The van der Waals surface area contributed by atoms with Crippen LogP contribution in [0.3, 0.4) is 0 Å². The first-order valence-corrected chi connectivity index (χ1v) is 9.89. The maximum absolute atomic E-state index is 13.1. The summed E-state index contributed by atoms with van der Waals surface area (Å²) >= 11 is 6.46. The third-order valence-electron chi connectivity index (χ3n) is 6.19. The number of amides is 4. The summed E-state index contributed by atoms with van der Waals surface area (Å²) in [5.74, 6) is -1.14. The van der Waals surface area contributed by atoms with E-state index in [1.165, 1.54) is 0 Å². The molecule has 0 aromatic heterocycles. The van der Waals surface area contributed by atoms with Crippen molar-refractivity contribution in [2.75, 3.05) is 29.4 Å². The minimum atomic E-state index is -1.43. The number of rotatable bonds is 1. The molecule has 7 nitrogen and oxygen atoms in total. The largest absolute Gasteiger partial charge is 0.368 e. The minimum absolute atomic E-state index is 0.150. The van der Waals surface area contributed by atoms with Crippen molar-refractivity contribution < 1.29 is 14.4 Å². The van der Waals surface area contributed by atoms with Crippen LogP contribution >= 0.6 is 11.6 Å². The molecular weight excluding hydrogens is 392 g/mol. The number of barbiturate groups is 1. The molecule has 0 bridgehead atoms. The lowest BCUT2D eigenvalue weighted by Gasteiger charge is -2.54. The Morgan fingerprint density at radius 2 is 1.66 bits per heavy atom. The van der Waals surface area contributed by atoms with E-state index >= 15 is 0 Å². The van der Waals surface area contributed by atoms with Crippen LogP contribution < -0.4 is 20.4 Å². The maximum Gasteiger partial charge on any atom is 0.328 e. The van der Waals surface area contributed by atoms with Gasteiger partial charge in [-0.2, -0.15) is 0 Å². The van der Waals surface area contributed by atoms with Gasteiger partial charge in [0, 0.05) is 42.5 Å². The van der Waals surface area contributed by atoms with E-state index in [2.05, 4.69) is 20.4 Å². The van der Waals surface area contributed by atoms with Gasteiger partial charge < -0.3 is 9.80 Å². The fraction of sp³-hybridized carbons (Fsp3) is 0.286. The molecule has 0 unspecified atom stereocenters. The molecule has 0 saturated carbocycles. The fourth-order valence-electron chi connectivity index (χ4n) is 4.78. The summed E-state index contributed by atoms with van der Waals surface area (Å²) in [6.45, 7) is 1.85. The summed E-state index contributed by atoms with van der Waals surface area (Å²) in [5.41, 5.74) is 1.31. The number of nitrogens with zero attached hydrogens (tertiary/aromatic N) is 2. The smallest absolute Gasteiger partial charge is 0.328 e. The van der Waals surface area contributed by atoms with E-state index in [-0.39, 0.29) is 6.42 Å². The van der Waals surface area contributed by atoms with Gasteiger partial charge >= 0.3 is 6.03 Å². The number of hydrogen-bond acceptors (Lipinski definition) is 5. The lowest BCUT2D eigenvalue weighted by molar-refractivity contribution is -0.146. The number of fused-ring (bicyclic) bond motifs is 4. The molecule has 4 amide bonds. The lowest BCUT2D eigenvalue weighted by Crippen LogP contribution is -2.74. The van der Waals surface area contributed by atoms with Crippen LogP contribution in [-0.2, 0) is 16.0 Å². The van der Waals surface area contributed by atoms with Crippen LogP contribution in [0.2, 0.25) is 5.02 Å². The zero-order valence-corrected chi connectivity index (χ0v) is 16.3. The van der Waals surface area contributed by atoms with Crippen LogP contribution in [0.1, 0.15) is 5.56 Å². The average molecular weight is 411 g/mol. The number of hydrogen-bond donors (Lipinski definition) is 2. The molecule has 148 valence electrons. The van der Waals surface area contributed by atoms with Crippen LogP contribution in [-0.4, -0.2) is 43.5 Å². The Bertz CT molecular complexity index is 1010. The van der Waals surface area contributed by atoms with Crippen molar-refractivity contribution in [1.29, 1.82) is 0 Å². The molecule has 3 heterocycles. The SMILES string of the molecule is O=C1NC(=O)C2(Cc3c(Cl)cccc3N3CCN(c4ccccc4)C[C@H]32)C(=O)N1. The van der Waals surface area contributed by atoms with Gasteiger partial charge in [-0.25, -0.2) is 4.79 Å². The second-order valence-corrected chi connectivity index (χ2v) is 8.02. The number of carbonyl (C=O) groups excluding carboxylic acids is 3. The number of para-hydroxylation sites is 1. The molecule has 2 N–H and O–H groups in total. The van der Waals surface area contributed by atoms with Gasteiger partial charge in [-0.05, 0) is 29.8 Å². The molecule has 8 heteroatoms. The summed E-state index contributed by atoms with van der Waals surface area (Å²) in [5, 5.41) is 5.14. The van der Waals surface area contributed by atoms with Crippen LogP contribution in [0.5, 0.6) is 0 Å². The van der Waals surface area contributed by atoms with Crippen LogP contribution in [0.25, 0.3) is 0 Å². The van der Waals surface area contributed by atoms with Gasteiger partial charge in [-0.1, -0.05) is 35.9 Å². The lowest BCUT2D eigenvalue weighted by atomic mass is 9.68. The number of piperazine rings is 1. The quantitative estimate of drug-likeness (QED) is 0.702. The zero-order valence-electron chi connectivity index (χ0n) is 15.5. The number of imide groups is 2. The van der Waals surface area contributed by atoms with Crippen molar-refractivity contribution in [3.63, 3.8) is 0 Å². The third kappa shape index (κ3) is 2.61. The highest BCUT2D eigenvalue weighted by Gasteiger charge is 2.61. The van der Waals surface area contributed by atoms with Gasteiger partial charge in [0.2, 0.25) is 11.8 Å². The van der Waals surface area contributed by atoms with Crippen LogP contribution in [0.4, 0.5) is 16.2 Å². The zero-order chi connectivity index (χ0) is 20.2. The van der Waals surface area contributed by atoms with E-state index in [4.69, 9.17) is 11.6 Å². The first kappa shape index (κ1) is 18.0. The maximum atomic E-state index is 13.1. The highest BCUT2D eigenvalue weighted by Crippen LogP contribution is 2.46. The molecular formula is C21H19ClN4O3. The highest BCUT2D eigenvalue weighted by molar-refractivity contribution is 6.32. The fourth-order valence-corrected chi connectivity index (χ4v) is 5.02. The molecule has 2 saturated heterocycles. The molecule has 2 aromatic rings. The standard InChI is InChI=1S/C21H19ClN4O3/c22-15-7-4-8-16-14(15)11-21(18(27)23-20(29)24-19(21)28)17-12-25(9-10-26(16)17)13-5-2-1-3-6-13/h1-8,17H,9-12H2,(H2,23,24,27,28,29)/t17-/m0/s1. The molecule has 3 aliphatic rings. The molecule has 1 spiro atoms. The van der Waals surface area contributed by atoms with Gasteiger partial charge in [0.25, 0.3) is 0 Å². The Kier molecular flexibility index (Phi) is 4.03. The molecule has 5 rings (SSSR count). The summed E-state index contributed by atoms with van der Waals surface area (Å²) in [4.78, 5) is 42.3. The first-order chi connectivity index (χ1) is 14.0. The Morgan fingerprint density at radius 3 is 2.38 bits per heavy atom. The van der Waals surface area contributed by atoms with Crippen molar-refractivity contribution in [3.8, 4) is 0 Å². The topological polar surface area (TPSA) is 81.8 Å². The van der Waals surface area contributed by atoms with Crippen molar-refractivity contribution in [3.05, 3.63) is 59.1 Å². The number of benzene rings is 2. The predicted octanol–water partition coefficient (Wildman–Crippen LogP) is 1.94. The second-order valence-electron chi connectivity index (χ2n) is 7.61. The van der Waals surface area contributed by atoms with Crippen molar-refractivity contribution in [2.45, 2.75) is 12.5 Å². The molecule has 29 heavy (non-hydrogen) atoms. The Hall–Kier alpha value is -3.06. The summed E-state index contributed by atoms with van der Waals surface area (Å²) in [7, 11) is 0. The normalized spacial score (nSPS) is 22.7. The monoisotopic (exact) mass is 410 g/mol. The van der Waals surface area contributed by atoms with Crippen molar-refractivity contribution in [1.82, 2.24) is 10.6 Å². The Labute approximate surface area is 172 Å². The minimum Gasteiger partial charge on any atom is -0.368 e. The van der Waals surface area contributed by atoms with E-state index in [1.807, 2.05) is 42.5 Å². The summed E-state index contributed by atoms with van der Waals surface area (Å²) < 4.78 is 0. The van der Waals surface area contributed by atoms with Crippen LogP contribution in [0, 0.1) is 5.41 Å². The molecule has 0 radical (unpaired) electrons. The van der Waals surface area contributed by atoms with Gasteiger partial charge in [-0.3, -0.25) is 20.2 Å². The first-order valence-electron chi connectivity index (χ1n) is 9.51. The molecule has 3 aliphatic heterocycles. The van der Waals surface area contributed by atoms with E-state index in [9.17, 15) is 14.4 Å². The predicted molar refractivity (Wildman–Crippen MR) is 109 cm³/mol. The van der Waals surface area contributed by atoms with E-state index in [0.717, 1.165) is 23.5 Å². The molecule has 2 fully saturated rings. The number of anilines is 2. The summed E-state index contributed by atoms with van der Waals surface area (Å²) in [6.07, 6.45) is 0.150. The number of halogens is 1. The summed E-state index contributed by atoms with van der Waals surface area (Å²) in [6, 6.07) is 14.3. The van der Waals surface area contributed by atoms with Crippen molar-refractivity contribution in [2.24, 2.45) is 5.41 Å². The third-order valence-corrected chi connectivity index (χ3v) is 6.55. The molecule has 0 aliphatic carbocycles. The second kappa shape index (κ2) is 6.49. The molecule has 2 aromatic carbocycles. The molecule has 1 atom stereocenters. The van der Waals surface area contributed by atoms with Gasteiger partial charge in [0.1, 0.15) is 0 Å². The number of nitrogens with one attached hydrogen (secondary N) is 2. The van der Waals surface area contributed by atoms with Gasteiger partial charge in [0.15, 0.2) is 5.41 Å². The highest BCUT2D eigenvalue weighted by atomic mass is 35.5. The van der Waals surface area contributed by atoms with E-state index in [0.29, 0.717) is 18.1 Å². The average Bonchev–Trinajstić information content (AvgIpc) is 2.72. The Morgan fingerprint density at radius 1 is 0.931 bits per heavy atom.